The first-order chi connectivity index (χ1) is 6.67. The zero-order valence-corrected chi connectivity index (χ0v) is 10.1. The van der Waals surface area contributed by atoms with E-state index in [2.05, 4.69) is 47.1 Å². The van der Waals surface area contributed by atoms with Gasteiger partial charge in [-0.15, -0.1) is 6.42 Å². The number of hydrogen-bond acceptors (Lipinski definition) is 1. The lowest BCUT2D eigenvalue weighted by Gasteiger charge is -2.12. The van der Waals surface area contributed by atoms with Gasteiger partial charge in [0.1, 0.15) is 0 Å². The predicted octanol–water partition coefficient (Wildman–Crippen LogP) is 3.58. The summed E-state index contributed by atoms with van der Waals surface area (Å²) in [5, 5.41) is 3.29. The van der Waals surface area contributed by atoms with Crippen molar-refractivity contribution in [1.82, 2.24) is 0 Å². The highest BCUT2D eigenvalue weighted by atomic mass is 79.9. The molecule has 0 fully saturated rings. The minimum atomic E-state index is 0.121. The molecule has 1 rings (SSSR count). The average Bonchev–Trinajstić information content (AvgIpc) is 2.19. The Labute approximate surface area is 94.0 Å². The fourth-order valence-corrected chi connectivity index (χ4v) is 1.44. The van der Waals surface area contributed by atoms with Gasteiger partial charge in [-0.2, -0.15) is 0 Å². The summed E-state index contributed by atoms with van der Waals surface area (Å²) in [6.07, 6.45) is 6.31. The van der Waals surface area contributed by atoms with E-state index in [0.29, 0.717) is 0 Å². The normalized spacial score (nSPS) is 11.9. The van der Waals surface area contributed by atoms with Crippen LogP contribution in [0.5, 0.6) is 0 Å². The lowest BCUT2D eigenvalue weighted by molar-refractivity contribution is 0.857. The number of terminal acetylenes is 1. The molecule has 0 bridgehead atoms. The zero-order valence-electron chi connectivity index (χ0n) is 8.47. The molecular formula is C12H14BrN. The number of hydrogen-bond donors (Lipinski definition) is 1. The summed E-state index contributed by atoms with van der Waals surface area (Å²) in [5.74, 6) is 2.71. The van der Waals surface area contributed by atoms with Crippen LogP contribution >= 0.6 is 15.9 Å². The lowest BCUT2D eigenvalue weighted by Crippen LogP contribution is -2.15. The summed E-state index contributed by atoms with van der Waals surface area (Å²) in [7, 11) is 0. The molecule has 1 aromatic carbocycles. The summed E-state index contributed by atoms with van der Waals surface area (Å²) in [6.45, 7) is 4.13. The SMILES string of the molecule is C#CC(CC)Nc1ccc(Br)c(C)c1. The topological polar surface area (TPSA) is 12.0 Å². The van der Waals surface area contributed by atoms with Crippen LogP contribution in [0.25, 0.3) is 0 Å². The van der Waals surface area contributed by atoms with Gasteiger partial charge in [-0.1, -0.05) is 28.8 Å². The van der Waals surface area contributed by atoms with Gasteiger partial charge in [0.2, 0.25) is 0 Å². The van der Waals surface area contributed by atoms with Gasteiger partial charge in [0, 0.05) is 10.2 Å². The van der Waals surface area contributed by atoms with Crippen molar-refractivity contribution in [3.05, 3.63) is 28.2 Å². The van der Waals surface area contributed by atoms with E-state index in [-0.39, 0.29) is 6.04 Å². The standard InChI is InChI=1S/C12H14BrN/c1-4-10(5-2)14-11-6-7-12(13)9(3)8-11/h1,6-8,10,14H,5H2,2-3H3. The number of aryl methyl sites for hydroxylation is 1. The third kappa shape index (κ3) is 2.78. The molecule has 1 nitrogen and oxygen atoms in total. The molecule has 0 aliphatic rings. The van der Waals surface area contributed by atoms with Crippen molar-refractivity contribution in [1.29, 1.82) is 0 Å². The van der Waals surface area contributed by atoms with E-state index in [1.165, 1.54) is 5.56 Å². The van der Waals surface area contributed by atoms with Crippen molar-refractivity contribution in [2.75, 3.05) is 5.32 Å². The number of nitrogens with one attached hydrogen (secondary N) is 1. The first-order valence-corrected chi connectivity index (χ1v) is 5.45. The Morgan fingerprint density at radius 3 is 2.79 bits per heavy atom. The Balaban J connectivity index is 2.78. The number of rotatable bonds is 3. The molecule has 0 aromatic heterocycles. The Hall–Kier alpha value is -0.940. The zero-order chi connectivity index (χ0) is 10.6. The fourth-order valence-electron chi connectivity index (χ4n) is 1.20. The van der Waals surface area contributed by atoms with Gasteiger partial charge in [-0.05, 0) is 37.1 Å². The Morgan fingerprint density at radius 1 is 1.57 bits per heavy atom. The molecule has 1 aromatic rings. The maximum absolute atomic E-state index is 5.38. The molecule has 0 aliphatic carbocycles. The summed E-state index contributed by atoms with van der Waals surface area (Å²) in [6, 6.07) is 6.26. The Kier molecular flexibility index (Phi) is 4.03. The molecule has 0 amide bonds. The smallest absolute Gasteiger partial charge is 0.0871 e. The maximum Gasteiger partial charge on any atom is 0.0871 e. The Morgan fingerprint density at radius 2 is 2.29 bits per heavy atom. The molecular weight excluding hydrogens is 238 g/mol. The molecule has 0 spiro atoms. The summed E-state index contributed by atoms with van der Waals surface area (Å²) >= 11 is 3.46. The molecule has 1 N–H and O–H groups in total. The van der Waals surface area contributed by atoms with Crippen molar-refractivity contribution < 1.29 is 0 Å². The minimum absolute atomic E-state index is 0.121. The van der Waals surface area contributed by atoms with E-state index >= 15 is 0 Å². The average molecular weight is 252 g/mol. The second-order valence-electron chi connectivity index (χ2n) is 3.24. The molecule has 14 heavy (non-hydrogen) atoms. The molecule has 0 saturated carbocycles. The van der Waals surface area contributed by atoms with Gasteiger partial charge in [-0.3, -0.25) is 0 Å². The monoisotopic (exact) mass is 251 g/mol. The number of anilines is 1. The highest BCUT2D eigenvalue weighted by Crippen LogP contribution is 2.20. The van der Waals surface area contributed by atoms with Crippen LogP contribution in [0.3, 0.4) is 0 Å². The number of benzene rings is 1. The van der Waals surface area contributed by atoms with E-state index in [1.807, 2.05) is 12.1 Å². The fraction of sp³-hybridized carbons (Fsp3) is 0.333. The van der Waals surface area contributed by atoms with Gasteiger partial charge in [-0.25, -0.2) is 0 Å². The lowest BCUT2D eigenvalue weighted by atomic mass is 10.2. The van der Waals surface area contributed by atoms with Gasteiger partial charge in [0.15, 0.2) is 0 Å². The van der Waals surface area contributed by atoms with Crippen molar-refractivity contribution in [3.8, 4) is 12.3 Å². The van der Waals surface area contributed by atoms with Crippen LogP contribution in [0.1, 0.15) is 18.9 Å². The van der Waals surface area contributed by atoms with Crippen molar-refractivity contribution in [2.24, 2.45) is 0 Å². The predicted molar refractivity (Wildman–Crippen MR) is 65.4 cm³/mol. The van der Waals surface area contributed by atoms with Gasteiger partial charge < -0.3 is 5.32 Å². The van der Waals surface area contributed by atoms with Crippen LogP contribution in [0, 0.1) is 19.3 Å². The Bertz CT molecular complexity index is 352. The molecule has 0 radical (unpaired) electrons. The van der Waals surface area contributed by atoms with Gasteiger partial charge in [0.25, 0.3) is 0 Å². The second-order valence-corrected chi connectivity index (χ2v) is 4.09. The minimum Gasteiger partial charge on any atom is -0.372 e. The highest BCUT2D eigenvalue weighted by molar-refractivity contribution is 9.10. The molecule has 2 heteroatoms. The summed E-state index contributed by atoms with van der Waals surface area (Å²) in [4.78, 5) is 0. The van der Waals surface area contributed by atoms with Crippen LogP contribution in [0.2, 0.25) is 0 Å². The van der Waals surface area contributed by atoms with E-state index < -0.39 is 0 Å². The number of halogens is 1. The van der Waals surface area contributed by atoms with Crippen molar-refractivity contribution in [3.63, 3.8) is 0 Å². The summed E-state index contributed by atoms with van der Waals surface area (Å²) < 4.78 is 1.12. The van der Waals surface area contributed by atoms with Crippen LogP contribution in [0.4, 0.5) is 5.69 Å². The van der Waals surface area contributed by atoms with E-state index in [4.69, 9.17) is 6.42 Å². The molecule has 1 unspecified atom stereocenters. The highest BCUT2D eigenvalue weighted by Gasteiger charge is 2.02. The summed E-state index contributed by atoms with van der Waals surface area (Å²) in [5.41, 5.74) is 2.29. The van der Waals surface area contributed by atoms with Crippen molar-refractivity contribution >= 4 is 21.6 Å². The second kappa shape index (κ2) is 5.07. The van der Waals surface area contributed by atoms with Crippen LogP contribution in [0.15, 0.2) is 22.7 Å². The van der Waals surface area contributed by atoms with Crippen molar-refractivity contribution in [2.45, 2.75) is 26.3 Å². The van der Waals surface area contributed by atoms with Crippen LogP contribution in [-0.4, -0.2) is 6.04 Å². The molecule has 1 atom stereocenters. The van der Waals surface area contributed by atoms with Crippen LogP contribution < -0.4 is 5.32 Å². The molecule has 0 saturated heterocycles. The van der Waals surface area contributed by atoms with E-state index in [9.17, 15) is 0 Å². The van der Waals surface area contributed by atoms with Crippen LogP contribution in [-0.2, 0) is 0 Å². The third-order valence-electron chi connectivity index (χ3n) is 2.11. The quantitative estimate of drug-likeness (QED) is 0.811. The largest absolute Gasteiger partial charge is 0.372 e. The van der Waals surface area contributed by atoms with E-state index in [1.54, 1.807) is 0 Å². The molecule has 0 heterocycles. The third-order valence-corrected chi connectivity index (χ3v) is 3.00. The first-order valence-electron chi connectivity index (χ1n) is 4.66. The van der Waals surface area contributed by atoms with Gasteiger partial charge >= 0.3 is 0 Å². The maximum atomic E-state index is 5.38. The van der Waals surface area contributed by atoms with E-state index in [0.717, 1.165) is 16.6 Å². The molecule has 0 aliphatic heterocycles. The van der Waals surface area contributed by atoms with Gasteiger partial charge in [0.05, 0.1) is 6.04 Å². The first kappa shape index (κ1) is 11.1. The molecule has 74 valence electrons.